The van der Waals surface area contributed by atoms with E-state index in [-0.39, 0.29) is 18.0 Å². The molecule has 0 heterocycles. The Labute approximate surface area is 78.5 Å². The van der Waals surface area contributed by atoms with Gasteiger partial charge in [-0.15, -0.1) is 6.42 Å². The van der Waals surface area contributed by atoms with Crippen molar-refractivity contribution in [2.45, 2.75) is 38.3 Å². The van der Waals surface area contributed by atoms with Crippen LogP contribution in [0.15, 0.2) is 0 Å². The van der Waals surface area contributed by atoms with Crippen molar-refractivity contribution in [2.75, 3.05) is 0 Å². The predicted molar refractivity (Wildman–Crippen MR) is 50.2 cm³/mol. The molecule has 1 fully saturated rings. The summed E-state index contributed by atoms with van der Waals surface area (Å²) in [6, 6.07) is 0.102. The standard InChI is InChI=1S/C10H15NO2/c1-3-7(4-2)11-9-6-5-8(9)10(12)13/h1,7-9,11H,4-6H2,2H3,(H,12,13). The Bertz CT molecular complexity index is 232. The molecule has 3 nitrogen and oxygen atoms in total. The molecule has 3 heteroatoms. The minimum atomic E-state index is -0.712. The van der Waals surface area contributed by atoms with Crippen LogP contribution in [0.2, 0.25) is 0 Å². The van der Waals surface area contributed by atoms with Crippen LogP contribution in [-0.4, -0.2) is 23.2 Å². The summed E-state index contributed by atoms with van der Waals surface area (Å²) in [7, 11) is 0. The molecule has 0 aromatic heterocycles. The van der Waals surface area contributed by atoms with E-state index in [0.717, 1.165) is 19.3 Å². The zero-order valence-electron chi connectivity index (χ0n) is 7.79. The minimum Gasteiger partial charge on any atom is -0.481 e. The third kappa shape index (κ3) is 2.22. The summed E-state index contributed by atoms with van der Waals surface area (Å²) in [5, 5.41) is 11.9. The molecule has 1 aliphatic rings. The van der Waals surface area contributed by atoms with Gasteiger partial charge < -0.3 is 10.4 Å². The Morgan fingerprint density at radius 3 is 2.77 bits per heavy atom. The van der Waals surface area contributed by atoms with Crippen LogP contribution in [-0.2, 0) is 4.79 Å². The molecule has 0 aromatic rings. The fourth-order valence-electron chi connectivity index (χ4n) is 1.54. The molecule has 1 aliphatic carbocycles. The van der Waals surface area contributed by atoms with Gasteiger partial charge in [0, 0.05) is 6.04 Å². The highest BCUT2D eigenvalue weighted by atomic mass is 16.4. The van der Waals surface area contributed by atoms with Crippen molar-refractivity contribution in [1.29, 1.82) is 0 Å². The van der Waals surface area contributed by atoms with Crippen LogP contribution in [0, 0.1) is 18.3 Å². The van der Waals surface area contributed by atoms with Gasteiger partial charge in [0.05, 0.1) is 12.0 Å². The Kier molecular flexibility index (Phi) is 3.32. The minimum absolute atomic E-state index is 0.0205. The van der Waals surface area contributed by atoms with Gasteiger partial charge in [0.1, 0.15) is 0 Å². The summed E-state index contributed by atoms with van der Waals surface area (Å²) < 4.78 is 0. The van der Waals surface area contributed by atoms with E-state index < -0.39 is 5.97 Å². The zero-order chi connectivity index (χ0) is 9.84. The fourth-order valence-corrected chi connectivity index (χ4v) is 1.54. The number of carboxylic acid groups (broad SMARTS) is 1. The summed E-state index contributed by atoms with van der Waals surface area (Å²) in [6.07, 6.45) is 7.82. The monoisotopic (exact) mass is 181 g/mol. The lowest BCUT2D eigenvalue weighted by Gasteiger charge is -2.35. The van der Waals surface area contributed by atoms with Gasteiger partial charge in [0.15, 0.2) is 0 Å². The molecule has 2 N–H and O–H groups in total. The molecule has 0 saturated heterocycles. The van der Waals surface area contributed by atoms with Gasteiger partial charge in [0.2, 0.25) is 0 Å². The van der Waals surface area contributed by atoms with Crippen molar-refractivity contribution in [3.05, 3.63) is 0 Å². The molecule has 1 rings (SSSR count). The Morgan fingerprint density at radius 1 is 1.77 bits per heavy atom. The van der Waals surface area contributed by atoms with Crippen LogP contribution in [0.5, 0.6) is 0 Å². The van der Waals surface area contributed by atoms with Crippen LogP contribution in [0.4, 0.5) is 0 Å². The third-order valence-corrected chi connectivity index (χ3v) is 2.62. The second-order valence-corrected chi connectivity index (χ2v) is 3.42. The first-order valence-electron chi connectivity index (χ1n) is 4.64. The van der Waals surface area contributed by atoms with E-state index in [1.165, 1.54) is 0 Å². The van der Waals surface area contributed by atoms with Crippen molar-refractivity contribution >= 4 is 5.97 Å². The number of terminal acetylenes is 1. The van der Waals surface area contributed by atoms with Crippen molar-refractivity contribution in [3.8, 4) is 12.3 Å². The highest BCUT2D eigenvalue weighted by Crippen LogP contribution is 2.27. The van der Waals surface area contributed by atoms with Crippen LogP contribution >= 0.6 is 0 Å². The van der Waals surface area contributed by atoms with Gasteiger partial charge in [-0.1, -0.05) is 12.8 Å². The van der Waals surface area contributed by atoms with E-state index in [0.29, 0.717) is 0 Å². The first-order valence-corrected chi connectivity index (χ1v) is 4.64. The van der Waals surface area contributed by atoms with E-state index in [4.69, 9.17) is 11.5 Å². The second kappa shape index (κ2) is 4.29. The molecule has 0 aromatic carbocycles. The maximum Gasteiger partial charge on any atom is 0.308 e. The van der Waals surface area contributed by atoms with Gasteiger partial charge >= 0.3 is 5.97 Å². The van der Waals surface area contributed by atoms with Crippen LogP contribution < -0.4 is 5.32 Å². The summed E-state index contributed by atoms with van der Waals surface area (Å²) in [4.78, 5) is 10.7. The predicted octanol–water partition coefficient (Wildman–Crippen LogP) is 0.851. The highest BCUT2D eigenvalue weighted by molar-refractivity contribution is 5.72. The quantitative estimate of drug-likeness (QED) is 0.632. The molecule has 72 valence electrons. The van der Waals surface area contributed by atoms with Gasteiger partial charge in [-0.25, -0.2) is 0 Å². The number of carbonyl (C=O) groups is 1. The number of nitrogens with one attached hydrogen (secondary N) is 1. The molecular formula is C10H15NO2. The first kappa shape index (κ1) is 10.1. The Hall–Kier alpha value is -1.01. The van der Waals surface area contributed by atoms with Gasteiger partial charge in [-0.05, 0) is 19.3 Å². The van der Waals surface area contributed by atoms with Crippen molar-refractivity contribution in [2.24, 2.45) is 5.92 Å². The van der Waals surface area contributed by atoms with Gasteiger partial charge in [0.25, 0.3) is 0 Å². The molecular weight excluding hydrogens is 166 g/mol. The van der Waals surface area contributed by atoms with Crippen LogP contribution in [0.1, 0.15) is 26.2 Å². The normalized spacial score (nSPS) is 28.6. The topological polar surface area (TPSA) is 49.3 Å². The third-order valence-electron chi connectivity index (χ3n) is 2.62. The summed E-state index contributed by atoms with van der Waals surface area (Å²) >= 11 is 0. The number of aliphatic carboxylic acids is 1. The van der Waals surface area contributed by atoms with Crippen LogP contribution in [0.25, 0.3) is 0 Å². The molecule has 0 aliphatic heterocycles. The molecule has 0 amide bonds. The molecule has 0 radical (unpaired) electrons. The van der Waals surface area contributed by atoms with Crippen LogP contribution in [0.3, 0.4) is 0 Å². The summed E-state index contributed by atoms with van der Waals surface area (Å²) in [6.45, 7) is 1.99. The first-order chi connectivity index (χ1) is 6.19. The fraction of sp³-hybridized carbons (Fsp3) is 0.700. The molecule has 13 heavy (non-hydrogen) atoms. The van der Waals surface area contributed by atoms with E-state index in [9.17, 15) is 4.79 Å². The van der Waals surface area contributed by atoms with Crippen molar-refractivity contribution in [1.82, 2.24) is 5.32 Å². The Morgan fingerprint density at radius 2 is 2.46 bits per heavy atom. The van der Waals surface area contributed by atoms with E-state index >= 15 is 0 Å². The van der Waals surface area contributed by atoms with Crippen molar-refractivity contribution in [3.63, 3.8) is 0 Å². The van der Waals surface area contributed by atoms with E-state index in [1.807, 2.05) is 6.92 Å². The molecule has 3 atom stereocenters. The lowest BCUT2D eigenvalue weighted by molar-refractivity contribution is -0.146. The van der Waals surface area contributed by atoms with Crippen molar-refractivity contribution < 1.29 is 9.90 Å². The molecule has 0 spiro atoms. The number of hydrogen-bond acceptors (Lipinski definition) is 2. The summed E-state index contributed by atoms with van der Waals surface area (Å²) in [5.74, 6) is 1.66. The maximum atomic E-state index is 10.7. The number of rotatable bonds is 4. The zero-order valence-corrected chi connectivity index (χ0v) is 7.79. The number of carboxylic acids is 1. The van der Waals surface area contributed by atoms with E-state index in [2.05, 4.69) is 11.2 Å². The molecule has 3 unspecified atom stereocenters. The molecule has 0 bridgehead atoms. The number of hydrogen-bond donors (Lipinski definition) is 2. The van der Waals surface area contributed by atoms with E-state index in [1.54, 1.807) is 0 Å². The Balaban J connectivity index is 2.38. The second-order valence-electron chi connectivity index (χ2n) is 3.42. The maximum absolute atomic E-state index is 10.7. The average Bonchev–Trinajstić information content (AvgIpc) is 2.03. The highest BCUT2D eigenvalue weighted by Gasteiger charge is 2.36. The summed E-state index contributed by atoms with van der Waals surface area (Å²) in [5.41, 5.74) is 0. The lowest BCUT2D eigenvalue weighted by Crippen LogP contribution is -2.50. The van der Waals surface area contributed by atoms with Gasteiger partial charge in [-0.2, -0.15) is 0 Å². The van der Waals surface area contributed by atoms with Gasteiger partial charge in [-0.3, -0.25) is 4.79 Å². The molecule has 1 saturated carbocycles. The smallest absolute Gasteiger partial charge is 0.308 e. The lowest BCUT2D eigenvalue weighted by atomic mass is 9.79. The largest absolute Gasteiger partial charge is 0.481 e. The SMILES string of the molecule is C#CC(CC)NC1CCC1C(=O)O. The average molecular weight is 181 g/mol.